The largest absolute Gasteiger partial charge is 0.385 e. The van der Waals surface area contributed by atoms with Crippen LogP contribution in [0.1, 0.15) is 28.4 Å². The number of aryl methyl sites for hydroxylation is 3. The Bertz CT molecular complexity index is 407. The molecule has 0 aliphatic carbocycles. The molecule has 0 amide bonds. The Morgan fingerprint density at radius 1 is 1.07 bits per heavy atom. The van der Waals surface area contributed by atoms with Gasteiger partial charge in [0.15, 0.2) is 6.10 Å². The molecule has 1 aromatic rings. The molecule has 0 aliphatic heterocycles. The van der Waals surface area contributed by atoms with Gasteiger partial charge in [-0.3, -0.25) is 0 Å². The van der Waals surface area contributed by atoms with Crippen molar-refractivity contribution in [1.29, 1.82) is 5.26 Å². The van der Waals surface area contributed by atoms with E-state index in [1.807, 2.05) is 32.9 Å². The summed E-state index contributed by atoms with van der Waals surface area (Å²) in [5.41, 5.74) is 3.68. The van der Waals surface area contributed by atoms with Crippen LogP contribution in [-0.2, 0) is 0 Å². The summed E-state index contributed by atoms with van der Waals surface area (Å²) in [5.74, 6) is 0. The molecule has 3 nitrogen and oxygen atoms in total. The Kier molecular flexibility index (Phi) is 3.46. The summed E-state index contributed by atoms with van der Waals surface area (Å²) in [6, 6.07) is 5.39. The molecule has 0 aromatic heterocycles. The van der Waals surface area contributed by atoms with Crippen molar-refractivity contribution in [2.75, 3.05) is 0 Å². The van der Waals surface area contributed by atoms with E-state index >= 15 is 0 Å². The molecular weight excluding hydrogens is 190 g/mol. The minimum absolute atomic E-state index is 0.618. The summed E-state index contributed by atoms with van der Waals surface area (Å²) >= 11 is 0. The Morgan fingerprint density at radius 3 is 2.13 bits per heavy atom. The molecule has 0 saturated carbocycles. The van der Waals surface area contributed by atoms with Gasteiger partial charge in [0.05, 0.1) is 6.07 Å². The lowest BCUT2D eigenvalue weighted by Gasteiger charge is -2.16. The molecule has 15 heavy (non-hydrogen) atoms. The molecule has 0 heterocycles. The fourth-order valence-electron chi connectivity index (χ4n) is 1.54. The zero-order valence-corrected chi connectivity index (χ0v) is 9.15. The van der Waals surface area contributed by atoms with E-state index in [2.05, 4.69) is 0 Å². The fraction of sp³-hybridized carbons (Fsp3) is 0.417. The van der Waals surface area contributed by atoms with Gasteiger partial charge in [-0.1, -0.05) is 12.1 Å². The predicted octanol–water partition coefficient (Wildman–Crippen LogP) is 1.53. The number of benzene rings is 1. The van der Waals surface area contributed by atoms with Gasteiger partial charge in [-0.2, -0.15) is 5.26 Å². The maximum absolute atomic E-state index is 9.71. The van der Waals surface area contributed by atoms with Crippen molar-refractivity contribution in [3.8, 4) is 6.07 Å². The maximum atomic E-state index is 9.71. The lowest BCUT2D eigenvalue weighted by molar-refractivity contribution is 0.0523. The highest BCUT2D eigenvalue weighted by Crippen LogP contribution is 2.23. The highest BCUT2D eigenvalue weighted by atomic mass is 16.3. The van der Waals surface area contributed by atoms with Gasteiger partial charge in [-0.15, -0.1) is 0 Å². The van der Waals surface area contributed by atoms with Crippen molar-refractivity contribution in [3.63, 3.8) is 0 Å². The summed E-state index contributed by atoms with van der Waals surface area (Å²) in [6.45, 7) is 5.78. The van der Waals surface area contributed by atoms with E-state index in [9.17, 15) is 10.2 Å². The van der Waals surface area contributed by atoms with Crippen molar-refractivity contribution in [2.45, 2.75) is 33.0 Å². The SMILES string of the molecule is Cc1cc(C)c(C(O)C(O)C#N)cc1C. The monoisotopic (exact) mass is 205 g/mol. The van der Waals surface area contributed by atoms with Crippen LogP contribution in [0.3, 0.4) is 0 Å². The lowest BCUT2D eigenvalue weighted by Crippen LogP contribution is -2.17. The number of rotatable bonds is 2. The molecule has 1 rings (SSSR count). The first-order chi connectivity index (χ1) is 6.97. The fourth-order valence-corrected chi connectivity index (χ4v) is 1.54. The third-order valence-electron chi connectivity index (χ3n) is 2.63. The molecule has 2 unspecified atom stereocenters. The normalized spacial score (nSPS) is 14.4. The first kappa shape index (κ1) is 11.7. The zero-order chi connectivity index (χ0) is 11.6. The smallest absolute Gasteiger partial charge is 0.170 e. The molecule has 0 bridgehead atoms. The summed E-state index contributed by atoms with van der Waals surface area (Å²) in [5, 5.41) is 27.5. The summed E-state index contributed by atoms with van der Waals surface area (Å²) in [4.78, 5) is 0. The van der Waals surface area contributed by atoms with Gasteiger partial charge in [0, 0.05) is 0 Å². The summed E-state index contributed by atoms with van der Waals surface area (Å²) < 4.78 is 0. The number of nitriles is 1. The van der Waals surface area contributed by atoms with Crippen LogP contribution in [0.5, 0.6) is 0 Å². The molecule has 2 N–H and O–H groups in total. The Hall–Kier alpha value is -1.37. The zero-order valence-electron chi connectivity index (χ0n) is 9.15. The molecular formula is C12H15NO2. The van der Waals surface area contributed by atoms with Crippen LogP contribution < -0.4 is 0 Å². The third kappa shape index (κ3) is 2.35. The highest BCUT2D eigenvalue weighted by Gasteiger charge is 2.19. The van der Waals surface area contributed by atoms with Crippen LogP contribution in [0, 0.1) is 32.1 Å². The first-order valence-corrected chi connectivity index (χ1v) is 4.81. The van der Waals surface area contributed by atoms with Gasteiger partial charge in [-0.25, -0.2) is 0 Å². The van der Waals surface area contributed by atoms with E-state index < -0.39 is 12.2 Å². The third-order valence-corrected chi connectivity index (χ3v) is 2.63. The quantitative estimate of drug-likeness (QED) is 0.720. The van der Waals surface area contributed by atoms with E-state index in [0.29, 0.717) is 5.56 Å². The van der Waals surface area contributed by atoms with Crippen LogP contribution in [0.4, 0.5) is 0 Å². The van der Waals surface area contributed by atoms with Gasteiger partial charge in [-0.05, 0) is 43.0 Å². The molecule has 0 fully saturated rings. The van der Waals surface area contributed by atoms with Crippen LogP contribution >= 0.6 is 0 Å². The summed E-state index contributed by atoms with van der Waals surface area (Å²) in [6.07, 6.45) is -2.50. The highest BCUT2D eigenvalue weighted by molar-refractivity contribution is 5.38. The van der Waals surface area contributed by atoms with Crippen molar-refractivity contribution in [2.24, 2.45) is 0 Å². The second-order valence-corrected chi connectivity index (χ2v) is 3.81. The summed E-state index contributed by atoms with van der Waals surface area (Å²) in [7, 11) is 0. The number of aliphatic hydroxyl groups excluding tert-OH is 2. The van der Waals surface area contributed by atoms with Crippen LogP contribution in [0.2, 0.25) is 0 Å². The van der Waals surface area contributed by atoms with Gasteiger partial charge >= 0.3 is 0 Å². The minimum Gasteiger partial charge on any atom is -0.385 e. The molecule has 1 aromatic carbocycles. The molecule has 0 aliphatic rings. The van der Waals surface area contributed by atoms with Crippen LogP contribution in [0.15, 0.2) is 12.1 Å². The molecule has 3 heteroatoms. The lowest BCUT2D eigenvalue weighted by atomic mass is 9.95. The Labute approximate surface area is 89.6 Å². The van der Waals surface area contributed by atoms with E-state index in [0.717, 1.165) is 16.7 Å². The topological polar surface area (TPSA) is 64.2 Å². The molecule has 2 atom stereocenters. The van der Waals surface area contributed by atoms with Crippen molar-refractivity contribution >= 4 is 0 Å². The van der Waals surface area contributed by atoms with Gasteiger partial charge < -0.3 is 10.2 Å². The maximum Gasteiger partial charge on any atom is 0.170 e. The number of hydrogen-bond donors (Lipinski definition) is 2. The van der Waals surface area contributed by atoms with Crippen LogP contribution in [0.25, 0.3) is 0 Å². The standard InChI is InChI=1S/C12H15NO2/c1-7-4-9(3)10(5-8(7)2)12(15)11(14)6-13/h4-5,11-12,14-15H,1-3H3. The average Bonchev–Trinajstić information content (AvgIpc) is 2.21. The second kappa shape index (κ2) is 4.43. The second-order valence-electron chi connectivity index (χ2n) is 3.81. The van der Waals surface area contributed by atoms with Crippen LogP contribution in [-0.4, -0.2) is 16.3 Å². The van der Waals surface area contributed by atoms with Gasteiger partial charge in [0.2, 0.25) is 0 Å². The van der Waals surface area contributed by atoms with Gasteiger partial charge in [0.25, 0.3) is 0 Å². The predicted molar refractivity (Wildman–Crippen MR) is 57.2 cm³/mol. The number of aliphatic hydroxyl groups is 2. The van der Waals surface area contributed by atoms with Gasteiger partial charge in [0.1, 0.15) is 6.10 Å². The average molecular weight is 205 g/mol. The first-order valence-electron chi connectivity index (χ1n) is 4.81. The number of nitrogens with zero attached hydrogens (tertiary/aromatic N) is 1. The molecule has 0 saturated heterocycles. The minimum atomic E-state index is -1.37. The molecule has 0 spiro atoms. The van der Waals surface area contributed by atoms with E-state index in [1.54, 1.807) is 6.07 Å². The van der Waals surface area contributed by atoms with E-state index in [4.69, 9.17) is 5.26 Å². The number of hydrogen-bond acceptors (Lipinski definition) is 3. The van der Waals surface area contributed by atoms with Crippen molar-refractivity contribution < 1.29 is 10.2 Å². The Balaban J connectivity index is 3.16. The Morgan fingerprint density at radius 2 is 1.60 bits per heavy atom. The van der Waals surface area contributed by atoms with E-state index in [-0.39, 0.29) is 0 Å². The van der Waals surface area contributed by atoms with Crippen molar-refractivity contribution in [3.05, 3.63) is 34.4 Å². The molecule has 0 radical (unpaired) electrons. The van der Waals surface area contributed by atoms with Crippen molar-refractivity contribution in [1.82, 2.24) is 0 Å². The van der Waals surface area contributed by atoms with E-state index in [1.165, 1.54) is 0 Å². The molecule has 80 valence electrons.